The van der Waals surface area contributed by atoms with E-state index in [9.17, 15) is 4.79 Å². The van der Waals surface area contributed by atoms with E-state index in [-0.39, 0.29) is 18.1 Å². The number of carbonyl (C=O) groups is 1. The van der Waals surface area contributed by atoms with Crippen LogP contribution in [-0.2, 0) is 4.74 Å². The summed E-state index contributed by atoms with van der Waals surface area (Å²) in [5.74, 6) is 1.61. The summed E-state index contributed by atoms with van der Waals surface area (Å²) in [7, 11) is 1.38. The average molecular weight is 372 g/mol. The molecule has 7 heteroatoms. The van der Waals surface area contributed by atoms with Crippen LogP contribution in [0.1, 0.15) is 36.5 Å². The predicted octanol–water partition coefficient (Wildman–Crippen LogP) is 2.11. The van der Waals surface area contributed by atoms with Crippen LogP contribution in [-0.4, -0.2) is 61.9 Å². The number of likely N-dealkylation sites (tertiary alicyclic amines) is 1. The molecule has 3 atom stereocenters. The lowest BCUT2D eigenvalue weighted by Gasteiger charge is -2.26. The van der Waals surface area contributed by atoms with E-state index >= 15 is 0 Å². The average Bonchev–Trinajstić information content (AvgIpc) is 2.94. The molecule has 0 saturated carbocycles. The molecule has 0 aliphatic carbocycles. The Morgan fingerprint density at radius 1 is 1.33 bits per heavy atom. The molecule has 1 saturated heterocycles. The lowest BCUT2D eigenvalue weighted by molar-refractivity contribution is 0.0600. The van der Waals surface area contributed by atoms with Gasteiger partial charge in [-0.05, 0) is 50.3 Å². The summed E-state index contributed by atoms with van der Waals surface area (Å²) in [5, 5.41) is 0. The molecule has 3 rings (SSSR count). The van der Waals surface area contributed by atoms with E-state index in [0.29, 0.717) is 23.8 Å². The molecule has 2 aliphatic rings. The number of esters is 1. The molecule has 0 amide bonds. The highest BCUT2D eigenvalue weighted by Gasteiger charge is 2.23. The molecule has 1 fully saturated rings. The van der Waals surface area contributed by atoms with Crippen LogP contribution in [0, 0.1) is 5.92 Å². The molecule has 0 aromatic heterocycles. The van der Waals surface area contributed by atoms with E-state index < -0.39 is 0 Å². The second-order valence-corrected chi connectivity index (χ2v) is 7.14. The summed E-state index contributed by atoms with van der Waals surface area (Å²) in [4.78, 5) is 22.9. The van der Waals surface area contributed by atoms with Crippen LogP contribution in [0.4, 0.5) is 0 Å². The number of guanidine groups is 1. The van der Waals surface area contributed by atoms with Crippen LogP contribution in [0.5, 0.6) is 5.75 Å². The van der Waals surface area contributed by atoms with Gasteiger partial charge in [-0.1, -0.05) is 6.07 Å². The Balaban J connectivity index is 1.53. The fourth-order valence-corrected chi connectivity index (χ4v) is 3.32. The Bertz CT molecular complexity index is 719. The van der Waals surface area contributed by atoms with Crippen molar-refractivity contribution in [3.63, 3.8) is 0 Å². The van der Waals surface area contributed by atoms with Crippen molar-refractivity contribution in [1.82, 2.24) is 4.90 Å². The highest BCUT2D eigenvalue weighted by Crippen LogP contribution is 2.21. The molecule has 1 aromatic rings. The first kappa shape index (κ1) is 19.4. The van der Waals surface area contributed by atoms with Crippen LogP contribution in [0.15, 0.2) is 34.3 Å². The van der Waals surface area contributed by atoms with Crippen molar-refractivity contribution in [2.45, 2.75) is 38.3 Å². The molecule has 0 spiro atoms. The predicted molar refractivity (Wildman–Crippen MR) is 106 cm³/mol. The van der Waals surface area contributed by atoms with Crippen LogP contribution in [0.3, 0.4) is 0 Å². The lowest BCUT2D eigenvalue weighted by Crippen LogP contribution is -2.41. The Hall–Kier alpha value is -2.41. The van der Waals surface area contributed by atoms with Gasteiger partial charge in [-0.3, -0.25) is 0 Å². The second kappa shape index (κ2) is 8.99. The smallest absolute Gasteiger partial charge is 0.337 e. The summed E-state index contributed by atoms with van der Waals surface area (Å²) in [6.07, 6.45) is 4.99. The topological polar surface area (TPSA) is 89.5 Å². The molecular weight excluding hydrogens is 344 g/mol. The van der Waals surface area contributed by atoms with Crippen LogP contribution in [0.25, 0.3) is 0 Å². The quantitative estimate of drug-likeness (QED) is 0.818. The van der Waals surface area contributed by atoms with Crippen LogP contribution < -0.4 is 10.5 Å². The maximum atomic E-state index is 11.6. The first-order valence-corrected chi connectivity index (χ1v) is 9.50. The number of methoxy groups -OCH3 is 1. The molecule has 1 aromatic carbocycles. The summed E-state index contributed by atoms with van der Waals surface area (Å²) in [6.45, 7) is 4.52. The maximum Gasteiger partial charge on any atom is 0.337 e. The summed E-state index contributed by atoms with van der Waals surface area (Å²) < 4.78 is 10.7. The molecule has 3 unspecified atom stereocenters. The van der Waals surface area contributed by atoms with Crippen molar-refractivity contribution >= 4 is 18.1 Å². The number of hydrogen-bond donors (Lipinski definition) is 1. The minimum atomic E-state index is -0.353. The molecule has 2 heterocycles. The summed E-state index contributed by atoms with van der Waals surface area (Å²) in [5.41, 5.74) is 6.44. The molecule has 2 N–H and O–H groups in total. The Morgan fingerprint density at radius 2 is 2.19 bits per heavy atom. The second-order valence-electron chi connectivity index (χ2n) is 7.14. The fourth-order valence-electron chi connectivity index (χ4n) is 3.32. The number of carbonyl (C=O) groups excluding carboxylic acids is 1. The highest BCUT2D eigenvalue weighted by atomic mass is 16.5. The van der Waals surface area contributed by atoms with Crippen molar-refractivity contribution in [2.24, 2.45) is 21.6 Å². The van der Waals surface area contributed by atoms with E-state index in [0.717, 1.165) is 38.3 Å². The summed E-state index contributed by atoms with van der Waals surface area (Å²) >= 11 is 0. The third-order valence-electron chi connectivity index (χ3n) is 5.11. The van der Waals surface area contributed by atoms with Gasteiger partial charge in [-0.2, -0.15) is 0 Å². The molecular formula is C20H28N4O3. The molecule has 0 bridgehead atoms. The van der Waals surface area contributed by atoms with Gasteiger partial charge in [0.1, 0.15) is 5.75 Å². The molecule has 2 aliphatic heterocycles. The number of hydrogen-bond acceptors (Lipinski definition) is 7. The minimum Gasteiger partial charge on any atom is -0.493 e. The lowest BCUT2D eigenvalue weighted by atomic mass is 10.0. The van der Waals surface area contributed by atoms with Crippen molar-refractivity contribution in [3.05, 3.63) is 29.8 Å². The highest BCUT2D eigenvalue weighted by molar-refractivity contribution is 5.91. The van der Waals surface area contributed by atoms with Gasteiger partial charge in [-0.25, -0.2) is 14.8 Å². The zero-order valence-electron chi connectivity index (χ0n) is 16.0. The Kier molecular flexibility index (Phi) is 6.45. The van der Waals surface area contributed by atoms with Crippen LogP contribution in [0.2, 0.25) is 0 Å². The summed E-state index contributed by atoms with van der Waals surface area (Å²) in [6, 6.07) is 7.10. The SMILES string of the molecule is COC(=O)c1cccc(OCC2CCCN(C3=NC(C)C(N)C=N3)CC2)c1. The van der Waals surface area contributed by atoms with Gasteiger partial charge < -0.3 is 20.1 Å². The number of ether oxygens (including phenoxy) is 2. The number of benzene rings is 1. The number of rotatable bonds is 4. The molecule has 0 radical (unpaired) electrons. The Labute approximate surface area is 160 Å². The fraction of sp³-hybridized carbons (Fsp3) is 0.550. The molecule has 27 heavy (non-hydrogen) atoms. The molecule has 7 nitrogen and oxygen atoms in total. The third-order valence-corrected chi connectivity index (χ3v) is 5.11. The monoisotopic (exact) mass is 372 g/mol. The third kappa shape index (κ3) is 5.07. The first-order chi connectivity index (χ1) is 13.1. The number of nitrogens with two attached hydrogens (primary N) is 1. The van der Waals surface area contributed by atoms with Gasteiger partial charge in [0.05, 0.1) is 31.4 Å². The molecule has 146 valence electrons. The number of aliphatic imine (C=N–C) groups is 2. The van der Waals surface area contributed by atoms with Crippen LogP contribution >= 0.6 is 0 Å². The van der Waals surface area contributed by atoms with Crippen molar-refractivity contribution in [3.8, 4) is 5.75 Å². The van der Waals surface area contributed by atoms with Crippen molar-refractivity contribution < 1.29 is 14.3 Å². The van der Waals surface area contributed by atoms with Gasteiger partial charge >= 0.3 is 5.97 Å². The van der Waals surface area contributed by atoms with E-state index in [1.54, 1.807) is 18.3 Å². The van der Waals surface area contributed by atoms with E-state index in [2.05, 4.69) is 14.9 Å². The van der Waals surface area contributed by atoms with Crippen molar-refractivity contribution in [1.29, 1.82) is 0 Å². The van der Waals surface area contributed by atoms with E-state index in [1.807, 2.05) is 19.1 Å². The van der Waals surface area contributed by atoms with Gasteiger partial charge in [0.15, 0.2) is 0 Å². The van der Waals surface area contributed by atoms with E-state index in [1.165, 1.54) is 7.11 Å². The van der Waals surface area contributed by atoms with Gasteiger partial charge in [0, 0.05) is 19.3 Å². The normalized spacial score (nSPS) is 25.5. The standard InChI is InChI=1S/C20H28N4O3/c1-14-18(21)12-22-20(23-14)24-9-4-5-15(8-10-24)13-27-17-7-3-6-16(11-17)19(25)26-2/h3,6-7,11-12,14-15,18H,4-5,8-10,13,21H2,1-2H3. The Morgan fingerprint density at radius 3 is 2.96 bits per heavy atom. The maximum absolute atomic E-state index is 11.6. The first-order valence-electron chi connectivity index (χ1n) is 9.50. The van der Waals surface area contributed by atoms with Crippen molar-refractivity contribution in [2.75, 3.05) is 26.8 Å². The minimum absolute atomic E-state index is 0.0713. The van der Waals surface area contributed by atoms with Gasteiger partial charge in [0.25, 0.3) is 0 Å². The van der Waals surface area contributed by atoms with Gasteiger partial charge in [-0.15, -0.1) is 0 Å². The van der Waals surface area contributed by atoms with Gasteiger partial charge in [0.2, 0.25) is 5.96 Å². The number of nitrogens with zero attached hydrogens (tertiary/aromatic N) is 3. The zero-order valence-corrected chi connectivity index (χ0v) is 16.0. The largest absolute Gasteiger partial charge is 0.493 e. The van der Waals surface area contributed by atoms with E-state index in [4.69, 9.17) is 15.2 Å². The zero-order chi connectivity index (χ0) is 19.2.